The van der Waals surface area contributed by atoms with Gasteiger partial charge < -0.3 is 11.1 Å². The van der Waals surface area contributed by atoms with Crippen molar-refractivity contribution in [2.75, 3.05) is 6.54 Å². The van der Waals surface area contributed by atoms with Gasteiger partial charge in [-0.15, -0.1) is 11.3 Å². The van der Waals surface area contributed by atoms with Gasteiger partial charge in [-0.05, 0) is 25.1 Å². The molecule has 3 N–H and O–H groups in total. The van der Waals surface area contributed by atoms with Gasteiger partial charge in [0.1, 0.15) is 0 Å². The van der Waals surface area contributed by atoms with E-state index in [2.05, 4.69) is 5.32 Å². The zero-order chi connectivity index (χ0) is 13.8. The highest BCUT2D eigenvalue weighted by atomic mass is 32.1. The summed E-state index contributed by atoms with van der Waals surface area (Å²) in [6.45, 7) is 2.46. The van der Waals surface area contributed by atoms with Crippen LogP contribution in [0, 0.1) is 0 Å². The van der Waals surface area contributed by atoms with E-state index in [1.54, 1.807) is 18.2 Å². The fraction of sp³-hybridized carbons (Fsp3) is 0.143. The highest BCUT2D eigenvalue weighted by Gasteiger charge is 2.13. The topological polar surface area (TPSA) is 72.2 Å². The van der Waals surface area contributed by atoms with Gasteiger partial charge >= 0.3 is 0 Å². The number of primary amides is 1. The Balaban J connectivity index is 2.38. The minimum absolute atomic E-state index is 0.102. The number of hydrogen-bond donors (Lipinski definition) is 2. The Hall–Kier alpha value is -2.14. The quantitative estimate of drug-likeness (QED) is 0.897. The molecule has 19 heavy (non-hydrogen) atoms. The third-order valence-corrected chi connectivity index (χ3v) is 3.74. The maximum atomic E-state index is 11.7. The van der Waals surface area contributed by atoms with Crippen LogP contribution in [0.3, 0.4) is 0 Å². The van der Waals surface area contributed by atoms with Crippen molar-refractivity contribution in [3.8, 4) is 10.4 Å². The van der Waals surface area contributed by atoms with E-state index in [0.717, 1.165) is 10.4 Å². The summed E-state index contributed by atoms with van der Waals surface area (Å²) in [4.78, 5) is 24.6. The number of carbonyl (C=O) groups is 2. The minimum Gasteiger partial charge on any atom is -0.366 e. The van der Waals surface area contributed by atoms with E-state index in [1.807, 2.05) is 25.1 Å². The molecule has 2 rings (SSSR count). The van der Waals surface area contributed by atoms with Gasteiger partial charge in [-0.3, -0.25) is 9.59 Å². The number of carbonyl (C=O) groups excluding carboxylic acids is 2. The zero-order valence-electron chi connectivity index (χ0n) is 10.5. The summed E-state index contributed by atoms with van der Waals surface area (Å²) in [5, 5.41) is 2.74. The molecule has 0 saturated heterocycles. The average molecular weight is 274 g/mol. The fourth-order valence-electron chi connectivity index (χ4n) is 1.77. The molecule has 4 nitrogen and oxygen atoms in total. The lowest BCUT2D eigenvalue weighted by Crippen LogP contribution is -2.21. The molecule has 2 aromatic rings. The van der Waals surface area contributed by atoms with Crippen LogP contribution in [0.25, 0.3) is 10.4 Å². The second-order valence-corrected chi connectivity index (χ2v) is 5.02. The van der Waals surface area contributed by atoms with Crippen LogP contribution in [-0.4, -0.2) is 18.4 Å². The second kappa shape index (κ2) is 5.67. The molecule has 1 aromatic heterocycles. The van der Waals surface area contributed by atoms with Gasteiger partial charge in [0, 0.05) is 22.5 Å². The van der Waals surface area contributed by atoms with E-state index >= 15 is 0 Å². The van der Waals surface area contributed by atoms with Crippen molar-refractivity contribution in [3.05, 3.63) is 46.8 Å². The van der Waals surface area contributed by atoms with Crippen LogP contribution in [-0.2, 0) is 0 Å². The average Bonchev–Trinajstić information content (AvgIpc) is 2.88. The number of hydrogen-bond acceptors (Lipinski definition) is 3. The second-order valence-electron chi connectivity index (χ2n) is 3.93. The van der Waals surface area contributed by atoms with E-state index in [4.69, 9.17) is 5.73 Å². The van der Waals surface area contributed by atoms with Crippen LogP contribution in [0.15, 0.2) is 36.4 Å². The largest absolute Gasteiger partial charge is 0.366 e. The number of nitrogens with one attached hydrogen (secondary N) is 1. The van der Waals surface area contributed by atoms with Crippen molar-refractivity contribution in [2.45, 2.75) is 6.92 Å². The Kier molecular flexibility index (Phi) is 3.97. The Labute approximate surface area is 115 Å². The van der Waals surface area contributed by atoms with Crippen molar-refractivity contribution < 1.29 is 9.59 Å². The van der Waals surface area contributed by atoms with Crippen molar-refractivity contribution in [3.63, 3.8) is 0 Å². The predicted octanol–water partition coefficient (Wildman–Crippen LogP) is 2.26. The predicted molar refractivity (Wildman–Crippen MR) is 76.3 cm³/mol. The molecular weight excluding hydrogens is 260 g/mol. The summed E-state index contributed by atoms with van der Waals surface area (Å²) in [6, 6.07) is 10.7. The van der Waals surface area contributed by atoms with Crippen molar-refractivity contribution in [1.82, 2.24) is 5.32 Å². The molecule has 0 aliphatic heterocycles. The smallest absolute Gasteiger partial charge is 0.261 e. The Morgan fingerprint density at radius 1 is 1.21 bits per heavy atom. The summed E-state index contributed by atoms with van der Waals surface area (Å²) >= 11 is 1.35. The van der Waals surface area contributed by atoms with Crippen LogP contribution >= 0.6 is 11.3 Å². The normalized spacial score (nSPS) is 10.2. The third kappa shape index (κ3) is 2.82. The molecule has 5 heteroatoms. The molecule has 0 radical (unpaired) electrons. The zero-order valence-corrected chi connectivity index (χ0v) is 11.3. The van der Waals surface area contributed by atoms with E-state index in [1.165, 1.54) is 11.3 Å². The van der Waals surface area contributed by atoms with Gasteiger partial charge in [0.2, 0.25) is 5.91 Å². The molecule has 1 heterocycles. The lowest BCUT2D eigenvalue weighted by atomic mass is 10.1. The first-order valence-corrected chi connectivity index (χ1v) is 6.72. The summed E-state index contributed by atoms with van der Waals surface area (Å²) in [5.74, 6) is -0.570. The van der Waals surface area contributed by atoms with Crippen LogP contribution in [0.2, 0.25) is 0 Å². The number of amides is 2. The first-order valence-electron chi connectivity index (χ1n) is 5.90. The van der Waals surface area contributed by atoms with Crippen molar-refractivity contribution in [1.29, 1.82) is 0 Å². The van der Waals surface area contributed by atoms with Gasteiger partial charge in [0.15, 0.2) is 0 Å². The Morgan fingerprint density at radius 3 is 2.63 bits per heavy atom. The van der Waals surface area contributed by atoms with Gasteiger partial charge in [-0.25, -0.2) is 0 Å². The number of rotatable bonds is 4. The monoisotopic (exact) mass is 274 g/mol. The van der Waals surface area contributed by atoms with E-state index in [9.17, 15) is 9.59 Å². The minimum atomic E-state index is -0.469. The van der Waals surface area contributed by atoms with E-state index < -0.39 is 5.91 Å². The molecule has 0 spiro atoms. The van der Waals surface area contributed by atoms with Gasteiger partial charge in [-0.1, -0.05) is 18.2 Å². The first kappa shape index (κ1) is 13.3. The molecule has 0 aliphatic rings. The summed E-state index contributed by atoms with van der Waals surface area (Å²) < 4.78 is 0. The summed E-state index contributed by atoms with van der Waals surface area (Å²) in [5.41, 5.74) is 6.58. The molecule has 0 aliphatic carbocycles. The molecule has 0 atom stereocenters. The third-order valence-electron chi connectivity index (χ3n) is 2.63. The molecule has 0 unspecified atom stereocenters. The highest BCUT2D eigenvalue weighted by molar-refractivity contribution is 7.17. The lowest BCUT2D eigenvalue weighted by Gasteiger charge is -2.03. The Morgan fingerprint density at radius 2 is 1.95 bits per heavy atom. The maximum absolute atomic E-state index is 11.7. The first-order chi connectivity index (χ1) is 9.13. The SMILES string of the molecule is CCNC(=O)c1ccc(-c2ccccc2C(N)=O)s1. The van der Waals surface area contributed by atoms with E-state index in [-0.39, 0.29) is 5.91 Å². The summed E-state index contributed by atoms with van der Waals surface area (Å²) in [6.07, 6.45) is 0. The molecular formula is C14H14N2O2S. The molecule has 0 saturated carbocycles. The fourth-order valence-corrected chi connectivity index (χ4v) is 2.73. The lowest BCUT2D eigenvalue weighted by molar-refractivity contribution is 0.0958. The molecule has 0 bridgehead atoms. The maximum Gasteiger partial charge on any atom is 0.261 e. The molecule has 2 amide bonds. The molecule has 0 fully saturated rings. The van der Waals surface area contributed by atoms with Crippen molar-refractivity contribution >= 4 is 23.2 Å². The summed E-state index contributed by atoms with van der Waals surface area (Å²) in [7, 11) is 0. The van der Waals surface area contributed by atoms with Crippen molar-refractivity contribution in [2.24, 2.45) is 5.73 Å². The number of benzene rings is 1. The van der Waals surface area contributed by atoms with Crippen LogP contribution < -0.4 is 11.1 Å². The molecule has 1 aromatic carbocycles. The van der Waals surface area contributed by atoms with Gasteiger partial charge in [0.25, 0.3) is 5.91 Å². The number of thiophene rings is 1. The van der Waals surface area contributed by atoms with Crippen LogP contribution in [0.5, 0.6) is 0 Å². The van der Waals surface area contributed by atoms with Crippen LogP contribution in [0.1, 0.15) is 27.0 Å². The Bertz CT molecular complexity index is 619. The van der Waals surface area contributed by atoms with Crippen LogP contribution in [0.4, 0.5) is 0 Å². The van der Waals surface area contributed by atoms with E-state index in [0.29, 0.717) is 17.0 Å². The van der Waals surface area contributed by atoms with Gasteiger partial charge in [0.05, 0.1) is 4.88 Å². The number of nitrogens with two attached hydrogens (primary N) is 1. The van der Waals surface area contributed by atoms with Gasteiger partial charge in [-0.2, -0.15) is 0 Å². The molecule has 98 valence electrons. The standard InChI is InChI=1S/C14H14N2O2S/c1-2-16-14(18)12-8-7-11(19-12)9-5-3-4-6-10(9)13(15)17/h3-8H,2H2,1H3,(H2,15,17)(H,16,18). The highest BCUT2D eigenvalue weighted by Crippen LogP contribution is 2.30.